The summed E-state index contributed by atoms with van der Waals surface area (Å²) >= 11 is 1.54. The van der Waals surface area contributed by atoms with Gasteiger partial charge in [0.25, 0.3) is 0 Å². The van der Waals surface area contributed by atoms with Gasteiger partial charge in [0.15, 0.2) is 0 Å². The molecule has 1 N–H and O–H groups in total. The van der Waals surface area contributed by atoms with Crippen LogP contribution >= 0.6 is 11.8 Å². The summed E-state index contributed by atoms with van der Waals surface area (Å²) in [6.07, 6.45) is 3.06. The van der Waals surface area contributed by atoms with Gasteiger partial charge in [-0.15, -0.1) is 11.8 Å². The summed E-state index contributed by atoms with van der Waals surface area (Å²) in [6, 6.07) is -0.761. The van der Waals surface area contributed by atoms with Gasteiger partial charge < -0.3 is 9.84 Å². The monoisotopic (exact) mass is 257 g/mol. The molecule has 1 heterocycles. The lowest BCUT2D eigenvalue weighted by molar-refractivity contribution is -0.141. The molecule has 2 unspecified atom stereocenters. The van der Waals surface area contributed by atoms with Crippen molar-refractivity contribution in [3.05, 3.63) is 12.7 Å². The van der Waals surface area contributed by atoms with Gasteiger partial charge in [-0.2, -0.15) is 0 Å². The number of thioether (sulfide) groups is 1. The molecule has 2 atom stereocenters. The van der Waals surface area contributed by atoms with E-state index >= 15 is 0 Å². The highest BCUT2D eigenvalue weighted by Crippen LogP contribution is 2.45. The van der Waals surface area contributed by atoms with Gasteiger partial charge in [-0.3, -0.25) is 4.90 Å². The molecular formula is C11H15NO4S. The number of carbonyl (C=O) groups is 2. The van der Waals surface area contributed by atoms with Crippen molar-refractivity contribution in [2.45, 2.75) is 24.3 Å². The summed E-state index contributed by atoms with van der Waals surface area (Å²) < 4.78 is 4.96. The first-order valence-electron chi connectivity index (χ1n) is 5.55. The molecule has 2 fully saturated rings. The lowest BCUT2D eigenvalue weighted by Gasteiger charge is -2.26. The molecule has 0 radical (unpaired) electrons. The first-order valence-corrected chi connectivity index (χ1v) is 6.60. The number of carboxylic acids is 1. The van der Waals surface area contributed by atoms with Gasteiger partial charge in [0.2, 0.25) is 0 Å². The Morgan fingerprint density at radius 1 is 1.53 bits per heavy atom. The van der Waals surface area contributed by atoms with E-state index in [1.165, 1.54) is 22.7 Å². The molecule has 1 saturated heterocycles. The third kappa shape index (κ3) is 2.57. The second kappa shape index (κ2) is 5.00. The second-order valence-corrected chi connectivity index (χ2v) is 5.34. The van der Waals surface area contributed by atoms with Crippen LogP contribution in [-0.2, 0) is 9.53 Å². The molecule has 1 amide bonds. The minimum absolute atomic E-state index is 0.0339. The third-order valence-corrected chi connectivity index (χ3v) is 4.34. The first-order chi connectivity index (χ1) is 8.15. The Kier molecular flexibility index (Phi) is 3.61. The van der Waals surface area contributed by atoms with Gasteiger partial charge >= 0.3 is 12.1 Å². The Labute approximate surface area is 104 Å². The summed E-state index contributed by atoms with van der Waals surface area (Å²) in [5, 5.41) is 9.06. The normalized spacial score (nSPS) is 27.9. The molecule has 0 bridgehead atoms. The van der Waals surface area contributed by atoms with Crippen molar-refractivity contribution in [3.8, 4) is 0 Å². The highest BCUT2D eigenvalue weighted by molar-refractivity contribution is 8.00. The third-order valence-electron chi connectivity index (χ3n) is 2.88. The van der Waals surface area contributed by atoms with Crippen molar-refractivity contribution in [2.75, 3.05) is 12.4 Å². The van der Waals surface area contributed by atoms with Crippen LogP contribution in [0.1, 0.15) is 12.8 Å². The highest BCUT2D eigenvalue weighted by Gasteiger charge is 2.48. The fourth-order valence-electron chi connectivity index (χ4n) is 1.90. The Hall–Kier alpha value is -1.17. The quantitative estimate of drug-likeness (QED) is 0.774. The number of aliphatic carboxylic acids is 1. The summed E-state index contributed by atoms with van der Waals surface area (Å²) in [5.41, 5.74) is 0. The Morgan fingerprint density at radius 2 is 2.24 bits per heavy atom. The molecule has 0 spiro atoms. The van der Waals surface area contributed by atoms with E-state index in [1.54, 1.807) is 0 Å². The van der Waals surface area contributed by atoms with E-state index in [4.69, 9.17) is 9.84 Å². The van der Waals surface area contributed by atoms with Crippen molar-refractivity contribution in [2.24, 2.45) is 5.92 Å². The van der Waals surface area contributed by atoms with Crippen LogP contribution in [0.2, 0.25) is 0 Å². The number of amides is 1. The maximum absolute atomic E-state index is 11.8. The van der Waals surface area contributed by atoms with E-state index in [9.17, 15) is 9.59 Å². The fourth-order valence-corrected chi connectivity index (χ4v) is 3.52. The number of carboxylic acid groups (broad SMARTS) is 1. The van der Waals surface area contributed by atoms with Crippen LogP contribution in [-0.4, -0.2) is 45.8 Å². The molecule has 1 aliphatic carbocycles. The molecular weight excluding hydrogens is 242 g/mol. The number of nitrogens with zero attached hydrogens (tertiary/aromatic N) is 1. The largest absolute Gasteiger partial charge is 0.480 e. The van der Waals surface area contributed by atoms with E-state index in [2.05, 4.69) is 6.58 Å². The molecule has 6 heteroatoms. The maximum atomic E-state index is 11.8. The lowest BCUT2D eigenvalue weighted by atomic mass is 10.2. The Balaban J connectivity index is 2.07. The zero-order valence-corrected chi connectivity index (χ0v) is 10.2. The van der Waals surface area contributed by atoms with Crippen LogP contribution in [0.15, 0.2) is 12.7 Å². The van der Waals surface area contributed by atoms with Crippen LogP contribution in [0.25, 0.3) is 0 Å². The molecule has 0 aromatic heterocycles. The van der Waals surface area contributed by atoms with Gasteiger partial charge in [-0.05, 0) is 18.8 Å². The van der Waals surface area contributed by atoms with Crippen molar-refractivity contribution in [3.63, 3.8) is 0 Å². The van der Waals surface area contributed by atoms with E-state index in [-0.39, 0.29) is 12.0 Å². The number of ether oxygens (including phenoxy) is 1. The average Bonchev–Trinajstić information content (AvgIpc) is 3.04. The molecule has 17 heavy (non-hydrogen) atoms. The van der Waals surface area contributed by atoms with Crippen LogP contribution in [0.3, 0.4) is 0 Å². The Bertz CT molecular complexity index is 342. The zero-order valence-electron chi connectivity index (χ0n) is 9.37. The lowest BCUT2D eigenvalue weighted by Crippen LogP contribution is -2.46. The summed E-state index contributed by atoms with van der Waals surface area (Å²) in [7, 11) is 0. The predicted octanol–water partition coefficient (Wildman–Crippen LogP) is 1.55. The minimum Gasteiger partial charge on any atom is -0.480 e. The van der Waals surface area contributed by atoms with Crippen LogP contribution in [0.4, 0.5) is 4.79 Å². The number of hydrogen-bond donors (Lipinski definition) is 1. The van der Waals surface area contributed by atoms with Crippen molar-refractivity contribution < 1.29 is 19.4 Å². The van der Waals surface area contributed by atoms with Gasteiger partial charge in [0, 0.05) is 5.75 Å². The van der Waals surface area contributed by atoms with E-state index < -0.39 is 18.1 Å². The fraction of sp³-hybridized carbons (Fsp3) is 0.636. The van der Waals surface area contributed by atoms with E-state index in [0.717, 1.165) is 12.8 Å². The summed E-state index contributed by atoms with van der Waals surface area (Å²) in [6.45, 7) is 3.58. The molecule has 1 aliphatic heterocycles. The summed E-state index contributed by atoms with van der Waals surface area (Å²) in [4.78, 5) is 24.3. The van der Waals surface area contributed by atoms with Crippen LogP contribution < -0.4 is 0 Å². The standard InChI is InChI=1S/C11H15NO4S/c1-2-5-16-11(15)12-8(10(13)14)6-17-9(12)7-3-4-7/h2,7-9H,1,3-6H2,(H,13,14). The predicted molar refractivity (Wildman–Crippen MR) is 63.8 cm³/mol. The van der Waals surface area contributed by atoms with Gasteiger partial charge in [-0.25, -0.2) is 9.59 Å². The molecule has 1 saturated carbocycles. The zero-order chi connectivity index (χ0) is 12.4. The number of rotatable bonds is 4. The average molecular weight is 257 g/mol. The number of carbonyl (C=O) groups excluding carboxylic acids is 1. The van der Waals surface area contributed by atoms with Gasteiger partial charge in [0.05, 0.1) is 5.37 Å². The topological polar surface area (TPSA) is 66.8 Å². The smallest absolute Gasteiger partial charge is 0.411 e. The first kappa shape index (κ1) is 12.3. The summed E-state index contributed by atoms with van der Waals surface area (Å²) in [5.74, 6) is -0.0866. The maximum Gasteiger partial charge on any atom is 0.411 e. The number of hydrogen-bond acceptors (Lipinski definition) is 4. The second-order valence-electron chi connectivity index (χ2n) is 4.19. The molecule has 2 rings (SSSR count). The van der Waals surface area contributed by atoms with Gasteiger partial charge in [0.1, 0.15) is 12.6 Å². The van der Waals surface area contributed by atoms with Crippen LogP contribution in [0, 0.1) is 5.92 Å². The minimum atomic E-state index is -0.962. The molecule has 94 valence electrons. The van der Waals surface area contributed by atoms with Crippen molar-refractivity contribution in [1.82, 2.24) is 4.90 Å². The van der Waals surface area contributed by atoms with E-state index in [0.29, 0.717) is 11.7 Å². The highest BCUT2D eigenvalue weighted by atomic mass is 32.2. The van der Waals surface area contributed by atoms with Crippen molar-refractivity contribution >= 4 is 23.8 Å². The molecule has 2 aliphatic rings. The SMILES string of the molecule is C=CCOC(=O)N1C(C(=O)O)CSC1C1CC1. The molecule has 0 aromatic rings. The van der Waals surface area contributed by atoms with Gasteiger partial charge in [-0.1, -0.05) is 12.7 Å². The molecule has 0 aromatic carbocycles. The molecule has 5 nitrogen and oxygen atoms in total. The van der Waals surface area contributed by atoms with E-state index in [1.807, 2.05) is 0 Å². The Morgan fingerprint density at radius 3 is 2.76 bits per heavy atom. The van der Waals surface area contributed by atoms with Crippen molar-refractivity contribution in [1.29, 1.82) is 0 Å². The van der Waals surface area contributed by atoms with Crippen LogP contribution in [0.5, 0.6) is 0 Å².